The quantitative estimate of drug-likeness (QED) is 0.386. The third-order valence-corrected chi connectivity index (χ3v) is 2.01. The maximum Gasteiger partial charge on any atom is 0.179 e. The Morgan fingerprint density at radius 3 is 2.75 bits per heavy atom. The molecule has 1 aromatic rings. The van der Waals surface area contributed by atoms with E-state index in [1.807, 2.05) is 0 Å². The molecule has 5 heteroatoms. The lowest BCUT2D eigenvalue weighted by molar-refractivity contribution is 0.277. The van der Waals surface area contributed by atoms with Gasteiger partial charge in [0, 0.05) is 5.56 Å². The molecular weight excluding hydrogens is 175 g/mol. The summed E-state index contributed by atoms with van der Waals surface area (Å²) < 4.78 is 13.1. The number of nitrogens with two attached hydrogens (primary N) is 1. The molecule has 1 rings (SSSR count). The normalized spacial score (nSPS) is 9.92. The van der Waals surface area contributed by atoms with Crippen LogP contribution in [-0.4, -0.2) is 12.1 Å². The standard InChI is InChI=1S/C7H9BFNOP/c9-7-4(3-11)5(8-12)1-2-6(7)10/h1-2,11H,3,10,12H2. The summed E-state index contributed by atoms with van der Waals surface area (Å²) in [6.45, 7) is 1.31. The Bertz CT molecular complexity index is 295. The fourth-order valence-corrected chi connectivity index (χ4v) is 1.28. The van der Waals surface area contributed by atoms with Gasteiger partial charge >= 0.3 is 0 Å². The summed E-state index contributed by atoms with van der Waals surface area (Å²) in [7, 11) is 2.35. The third kappa shape index (κ3) is 1.60. The molecule has 0 aliphatic rings. The van der Waals surface area contributed by atoms with Gasteiger partial charge in [-0.2, -0.15) is 9.12 Å². The van der Waals surface area contributed by atoms with E-state index >= 15 is 0 Å². The predicted octanol–water partition coefficient (Wildman–Crippen LogP) is 0.0198. The maximum absolute atomic E-state index is 13.1. The van der Waals surface area contributed by atoms with Gasteiger partial charge in [-0.05, 0) is 6.07 Å². The Morgan fingerprint density at radius 1 is 1.58 bits per heavy atom. The molecular formula is C7H9BFNOP. The van der Waals surface area contributed by atoms with Gasteiger partial charge in [-0.25, -0.2) is 4.39 Å². The average molecular weight is 184 g/mol. The zero-order valence-corrected chi connectivity index (χ0v) is 7.57. The van der Waals surface area contributed by atoms with Crippen molar-refractivity contribution in [3.8, 4) is 0 Å². The van der Waals surface area contributed by atoms with Crippen LogP contribution in [0.4, 0.5) is 10.1 Å². The summed E-state index contributed by atoms with van der Waals surface area (Å²) in [5.74, 6) is -0.534. The van der Waals surface area contributed by atoms with E-state index < -0.39 is 5.82 Å². The molecule has 0 aliphatic carbocycles. The predicted molar refractivity (Wildman–Crippen MR) is 51.8 cm³/mol. The number of aliphatic hydroxyl groups is 1. The Hall–Kier alpha value is -0.595. The lowest BCUT2D eigenvalue weighted by Crippen LogP contribution is -2.18. The number of nitrogen functional groups attached to an aromatic ring is 1. The fourth-order valence-electron chi connectivity index (χ4n) is 0.971. The molecule has 63 valence electrons. The SMILES string of the molecule is Nc1ccc([B]P)c(CO)c1F. The lowest BCUT2D eigenvalue weighted by Gasteiger charge is -2.07. The maximum atomic E-state index is 13.1. The van der Waals surface area contributed by atoms with Gasteiger partial charge in [0.2, 0.25) is 0 Å². The highest BCUT2D eigenvalue weighted by Gasteiger charge is 2.09. The minimum atomic E-state index is -0.534. The van der Waals surface area contributed by atoms with Crippen molar-refractivity contribution in [3.05, 3.63) is 23.5 Å². The van der Waals surface area contributed by atoms with Crippen molar-refractivity contribution in [2.24, 2.45) is 0 Å². The highest BCUT2D eigenvalue weighted by Crippen LogP contribution is 2.12. The number of anilines is 1. The van der Waals surface area contributed by atoms with Crippen LogP contribution in [0.25, 0.3) is 0 Å². The first-order valence-corrected chi connectivity index (χ1v) is 4.10. The first-order chi connectivity index (χ1) is 5.70. The molecule has 0 fully saturated rings. The second kappa shape index (κ2) is 3.88. The van der Waals surface area contributed by atoms with Gasteiger partial charge in [-0.1, -0.05) is 11.5 Å². The number of aliphatic hydroxyl groups excluding tert-OH is 1. The molecule has 2 nitrogen and oxygen atoms in total. The smallest absolute Gasteiger partial charge is 0.179 e. The van der Waals surface area contributed by atoms with E-state index in [0.717, 1.165) is 0 Å². The second-order valence-corrected chi connectivity index (χ2v) is 2.69. The molecule has 0 spiro atoms. The first kappa shape index (κ1) is 9.49. The van der Waals surface area contributed by atoms with Crippen LogP contribution in [0.15, 0.2) is 12.1 Å². The summed E-state index contributed by atoms with van der Waals surface area (Å²) in [4.78, 5) is 0. The molecule has 0 saturated heterocycles. The molecule has 0 amide bonds. The molecule has 1 atom stereocenters. The summed E-state index contributed by atoms with van der Waals surface area (Å²) in [5, 5.41) is 8.83. The minimum absolute atomic E-state index is 0.0645. The van der Waals surface area contributed by atoms with Crippen LogP contribution < -0.4 is 11.2 Å². The van der Waals surface area contributed by atoms with Gasteiger partial charge in [0.1, 0.15) is 0 Å². The van der Waals surface area contributed by atoms with Crippen LogP contribution >= 0.6 is 9.12 Å². The first-order valence-electron chi connectivity index (χ1n) is 3.43. The molecule has 1 unspecified atom stereocenters. The van der Waals surface area contributed by atoms with Crippen molar-refractivity contribution in [1.29, 1.82) is 0 Å². The highest BCUT2D eigenvalue weighted by molar-refractivity contribution is 7.58. The number of rotatable bonds is 2. The topological polar surface area (TPSA) is 46.2 Å². The Balaban J connectivity index is 3.25. The highest BCUT2D eigenvalue weighted by atomic mass is 31.0. The Labute approximate surface area is 73.4 Å². The summed E-state index contributed by atoms with van der Waals surface area (Å²) >= 11 is 0. The van der Waals surface area contributed by atoms with Gasteiger partial charge in [0.05, 0.1) is 12.3 Å². The van der Waals surface area contributed by atoms with E-state index in [9.17, 15) is 4.39 Å². The molecule has 1 aromatic carbocycles. The van der Waals surface area contributed by atoms with Crippen LogP contribution in [0.5, 0.6) is 0 Å². The molecule has 0 aliphatic heterocycles. The molecule has 3 N–H and O–H groups in total. The fraction of sp³-hybridized carbons (Fsp3) is 0.143. The number of hydrogen-bond donors (Lipinski definition) is 2. The van der Waals surface area contributed by atoms with E-state index in [0.29, 0.717) is 5.46 Å². The third-order valence-electron chi connectivity index (χ3n) is 1.65. The van der Waals surface area contributed by atoms with E-state index in [2.05, 4.69) is 9.12 Å². The zero-order valence-electron chi connectivity index (χ0n) is 6.42. The molecule has 1 radical (unpaired) electrons. The van der Waals surface area contributed by atoms with Crippen molar-refractivity contribution in [1.82, 2.24) is 0 Å². The zero-order chi connectivity index (χ0) is 9.14. The summed E-state index contributed by atoms with van der Waals surface area (Å²) in [5.41, 5.74) is 6.27. The van der Waals surface area contributed by atoms with Crippen LogP contribution in [0.2, 0.25) is 0 Å². The van der Waals surface area contributed by atoms with Crippen LogP contribution in [0.1, 0.15) is 5.56 Å². The van der Waals surface area contributed by atoms with E-state index in [1.165, 1.54) is 6.07 Å². The summed E-state index contributed by atoms with van der Waals surface area (Å²) in [6, 6.07) is 3.14. The molecule has 0 saturated carbocycles. The van der Waals surface area contributed by atoms with Gasteiger partial charge < -0.3 is 10.8 Å². The molecule has 12 heavy (non-hydrogen) atoms. The van der Waals surface area contributed by atoms with Gasteiger partial charge in [-0.3, -0.25) is 0 Å². The molecule has 0 bridgehead atoms. The molecule has 0 aromatic heterocycles. The van der Waals surface area contributed by atoms with E-state index in [-0.39, 0.29) is 17.9 Å². The number of benzene rings is 1. The van der Waals surface area contributed by atoms with Crippen molar-refractivity contribution in [3.63, 3.8) is 0 Å². The van der Waals surface area contributed by atoms with Crippen LogP contribution in [-0.2, 0) is 6.61 Å². The lowest BCUT2D eigenvalue weighted by atomic mass is 9.88. The second-order valence-electron chi connectivity index (χ2n) is 2.36. The van der Waals surface area contributed by atoms with E-state index in [1.54, 1.807) is 13.1 Å². The van der Waals surface area contributed by atoms with Gasteiger partial charge in [0.15, 0.2) is 12.8 Å². The average Bonchev–Trinajstić information content (AvgIpc) is 2.09. The number of halogens is 1. The molecule has 0 heterocycles. The number of hydrogen-bond acceptors (Lipinski definition) is 2. The van der Waals surface area contributed by atoms with Crippen LogP contribution in [0.3, 0.4) is 0 Å². The Kier molecular flexibility index (Phi) is 3.07. The van der Waals surface area contributed by atoms with Gasteiger partial charge in [-0.15, -0.1) is 0 Å². The van der Waals surface area contributed by atoms with Crippen LogP contribution in [0, 0.1) is 5.82 Å². The van der Waals surface area contributed by atoms with Crippen molar-refractivity contribution < 1.29 is 9.50 Å². The summed E-state index contributed by atoms with van der Waals surface area (Å²) in [6.07, 6.45) is 0. The monoisotopic (exact) mass is 184 g/mol. The minimum Gasteiger partial charge on any atom is -0.396 e. The van der Waals surface area contributed by atoms with Crippen molar-refractivity contribution in [2.45, 2.75) is 6.61 Å². The largest absolute Gasteiger partial charge is 0.396 e. The van der Waals surface area contributed by atoms with Gasteiger partial charge in [0.25, 0.3) is 0 Å². The Morgan fingerprint density at radius 2 is 2.25 bits per heavy atom. The van der Waals surface area contributed by atoms with E-state index in [4.69, 9.17) is 10.8 Å². The van der Waals surface area contributed by atoms with Crippen molar-refractivity contribution in [2.75, 3.05) is 5.73 Å². The van der Waals surface area contributed by atoms with Crippen molar-refractivity contribution >= 4 is 27.3 Å².